The van der Waals surface area contributed by atoms with Crippen LogP contribution < -0.4 is 10.2 Å². The number of ether oxygens (including phenoxy) is 2. The van der Waals surface area contributed by atoms with Crippen LogP contribution in [0.4, 0.5) is 10.5 Å². The molecule has 1 amide bonds. The molecule has 1 aliphatic rings. The van der Waals surface area contributed by atoms with Crippen molar-refractivity contribution in [2.24, 2.45) is 0 Å². The van der Waals surface area contributed by atoms with Crippen molar-refractivity contribution < 1.29 is 28.8 Å². The first-order valence-electron chi connectivity index (χ1n) is 11.0. The van der Waals surface area contributed by atoms with Crippen LogP contribution in [0.3, 0.4) is 0 Å². The van der Waals surface area contributed by atoms with Gasteiger partial charge in [-0.1, -0.05) is 30.3 Å². The number of nitrogens with one attached hydrogen (secondary N) is 1. The summed E-state index contributed by atoms with van der Waals surface area (Å²) in [6, 6.07) is 13.8. The summed E-state index contributed by atoms with van der Waals surface area (Å²) in [5.41, 5.74) is 3.12. The van der Waals surface area contributed by atoms with Crippen LogP contribution in [0.5, 0.6) is 5.75 Å². The van der Waals surface area contributed by atoms with Crippen molar-refractivity contribution in [3.05, 3.63) is 70.3 Å². The smallest absolute Gasteiger partial charge is 0.411 e. The van der Waals surface area contributed by atoms with Gasteiger partial charge in [-0.3, -0.25) is 19.9 Å². The molecule has 1 fully saturated rings. The van der Waals surface area contributed by atoms with Gasteiger partial charge in [0.15, 0.2) is 0 Å². The number of amides is 1. The summed E-state index contributed by atoms with van der Waals surface area (Å²) >= 11 is 0. The van der Waals surface area contributed by atoms with Gasteiger partial charge in [0.1, 0.15) is 17.4 Å². The SMILES string of the molecule is CC(C)(C)OC(=O)N1C[C@H](NOCc2ccccc2)CC[C@H]1C(=O)Oc1ccc([N+](=O)[O-])cc1. The Kier molecular flexibility index (Phi) is 8.19. The van der Waals surface area contributed by atoms with Gasteiger partial charge in [-0.15, -0.1) is 0 Å². The minimum atomic E-state index is -0.864. The molecule has 2 atom stereocenters. The quantitative estimate of drug-likeness (QED) is 0.279. The highest BCUT2D eigenvalue weighted by Crippen LogP contribution is 2.24. The molecule has 0 radical (unpaired) electrons. The lowest BCUT2D eigenvalue weighted by Crippen LogP contribution is -2.57. The van der Waals surface area contributed by atoms with Gasteiger partial charge in [0.05, 0.1) is 17.6 Å². The minimum absolute atomic E-state index is 0.114. The lowest BCUT2D eigenvalue weighted by atomic mass is 9.99. The third-order valence-electron chi connectivity index (χ3n) is 5.08. The summed E-state index contributed by atoms with van der Waals surface area (Å²) in [6.07, 6.45) is 0.263. The predicted octanol–water partition coefficient (Wildman–Crippen LogP) is 3.99. The Morgan fingerprint density at radius 2 is 1.76 bits per heavy atom. The topological polar surface area (TPSA) is 120 Å². The molecular weight excluding hydrogens is 442 g/mol. The van der Waals surface area contributed by atoms with Crippen molar-refractivity contribution in [3.8, 4) is 5.75 Å². The van der Waals surface area contributed by atoms with Gasteiger partial charge in [-0.2, -0.15) is 5.48 Å². The highest BCUT2D eigenvalue weighted by molar-refractivity contribution is 5.83. The number of non-ortho nitro benzene ring substituents is 1. The normalized spacial score (nSPS) is 18.3. The van der Waals surface area contributed by atoms with E-state index in [0.29, 0.717) is 19.4 Å². The average molecular weight is 472 g/mol. The largest absolute Gasteiger partial charge is 0.444 e. The van der Waals surface area contributed by atoms with E-state index < -0.39 is 28.6 Å². The Morgan fingerprint density at radius 1 is 1.09 bits per heavy atom. The number of hydrogen-bond donors (Lipinski definition) is 1. The fraction of sp³-hybridized carbons (Fsp3) is 0.417. The van der Waals surface area contributed by atoms with Crippen molar-refractivity contribution in [3.63, 3.8) is 0 Å². The zero-order valence-corrected chi connectivity index (χ0v) is 19.4. The summed E-state index contributed by atoms with van der Waals surface area (Å²) in [4.78, 5) is 43.0. The van der Waals surface area contributed by atoms with Crippen molar-refractivity contribution >= 4 is 17.7 Å². The van der Waals surface area contributed by atoms with Gasteiger partial charge >= 0.3 is 12.1 Å². The number of carbonyl (C=O) groups excluding carboxylic acids is 2. The number of rotatable bonds is 7. The molecule has 10 nitrogen and oxygen atoms in total. The number of carbonyl (C=O) groups is 2. The monoisotopic (exact) mass is 471 g/mol. The van der Waals surface area contributed by atoms with Crippen LogP contribution in [0.25, 0.3) is 0 Å². The summed E-state index contributed by atoms with van der Waals surface area (Å²) in [5.74, 6) is -0.477. The molecule has 0 saturated carbocycles. The lowest BCUT2D eigenvalue weighted by molar-refractivity contribution is -0.384. The van der Waals surface area contributed by atoms with Gasteiger partial charge < -0.3 is 9.47 Å². The van der Waals surface area contributed by atoms with Crippen LogP contribution in [0.1, 0.15) is 39.2 Å². The molecule has 0 aliphatic carbocycles. The summed E-state index contributed by atoms with van der Waals surface area (Å²) in [6.45, 7) is 5.78. The number of piperidine rings is 1. The molecule has 3 rings (SSSR count). The van der Waals surface area contributed by atoms with E-state index in [1.807, 2.05) is 30.3 Å². The average Bonchev–Trinajstić information content (AvgIpc) is 2.79. The number of nitro groups is 1. The van der Waals surface area contributed by atoms with Crippen LogP contribution >= 0.6 is 0 Å². The number of likely N-dealkylation sites (tertiary alicyclic amines) is 1. The van der Waals surface area contributed by atoms with Gasteiger partial charge in [0, 0.05) is 18.7 Å². The second-order valence-electron chi connectivity index (χ2n) is 8.99. The first kappa shape index (κ1) is 25.1. The molecule has 1 saturated heterocycles. The Hall–Kier alpha value is -3.50. The third-order valence-corrected chi connectivity index (χ3v) is 5.08. The van der Waals surface area contributed by atoms with E-state index in [0.717, 1.165) is 5.56 Å². The van der Waals surface area contributed by atoms with Gasteiger partial charge in [-0.25, -0.2) is 9.59 Å². The first-order chi connectivity index (χ1) is 16.1. The maximum atomic E-state index is 12.9. The van der Waals surface area contributed by atoms with E-state index in [1.165, 1.54) is 29.2 Å². The van der Waals surface area contributed by atoms with Crippen LogP contribution in [-0.4, -0.2) is 46.1 Å². The third kappa shape index (κ3) is 7.26. The van der Waals surface area contributed by atoms with Gasteiger partial charge in [0.2, 0.25) is 0 Å². The molecule has 2 aromatic carbocycles. The van der Waals surface area contributed by atoms with Crippen molar-refractivity contribution in [1.82, 2.24) is 10.4 Å². The van der Waals surface area contributed by atoms with Crippen LogP contribution in [-0.2, 0) is 21.0 Å². The molecule has 1 heterocycles. The highest BCUT2D eigenvalue weighted by atomic mass is 16.6. The highest BCUT2D eigenvalue weighted by Gasteiger charge is 2.39. The number of benzene rings is 2. The zero-order valence-electron chi connectivity index (χ0n) is 19.4. The zero-order chi connectivity index (χ0) is 24.7. The molecule has 34 heavy (non-hydrogen) atoms. The molecule has 0 aromatic heterocycles. The van der Waals surface area contributed by atoms with Crippen LogP contribution in [0.15, 0.2) is 54.6 Å². The predicted molar refractivity (Wildman–Crippen MR) is 123 cm³/mol. The molecule has 1 aliphatic heterocycles. The second kappa shape index (κ2) is 11.1. The molecule has 1 N–H and O–H groups in total. The maximum absolute atomic E-state index is 12.9. The number of esters is 1. The van der Waals surface area contributed by atoms with Crippen molar-refractivity contribution in [1.29, 1.82) is 0 Å². The molecule has 0 bridgehead atoms. The Balaban J connectivity index is 1.65. The Morgan fingerprint density at radius 3 is 2.38 bits per heavy atom. The van der Waals surface area contributed by atoms with Crippen LogP contribution in [0, 0.1) is 10.1 Å². The summed E-state index contributed by atoms with van der Waals surface area (Å²) in [7, 11) is 0. The fourth-order valence-electron chi connectivity index (χ4n) is 3.47. The van der Waals surface area contributed by atoms with E-state index in [9.17, 15) is 19.7 Å². The fourth-order valence-corrected chi connectivity index (χ4v) is 3.47. The maximum Gasteiger partial charge on any atom is 0.411 e. The summed E-state index contributed by atoms with van der Waals surface area (Å²) < 4.78 is 10.9. The Bertz CT molecular complexity index is 990. The number of hydroxylamine groups is 1. The van der Waals surface area contributed by atoms with Crippen LogP contribution in [0.2, 0.25) is 0 Å². The molecule has 2 aromatic rings. The van der Waals surface area contributed by atoms with Crippen molar-refractivity contribution in [2.45, 2.75) is 57.9 Å². The van der Waals surface area contributed by atoms with E-state index in [2.05, 4.69) is 5.48 Å². The standard InChI is InChI=1S/C24H29N3O7/c1-24(2,3)34-23(29)26-15-18(25-32-16-17-7-5-4-6-8-17)9-14-21(26)22(28)33-20-12-10-19(11-13-20)27(30)31/h4-8,10-13,18,21,25H,9,14-16H2,1-3H3/t18-,21+/m1/s1. The van der Waals surface area contributed by atoms with E-state index >= 15 is 0 Å². The van der Waals surface area contributed by atoms with E-state index in [1.54, 1.807) is 20.8 Å². The van der Waals surface area contributed by atoms with Crippen molar-refractivity contribution in [2.75, 3.05) is 6.54 Å². The molecule has 10 heteroatoms. The molecule has 0 unspecified atom stereocenters. The second-order valence-corrected chi connectivity index (χ2v) is 8.99. The van der Waals surface area contributed by atoms with E-state index in [-0.39, 0.29) is 24.0 Å². The van der Waals surface area contributed by atoms with Gasteiger partial charge in [0.25, 0.3) is 5.69 Å². The van der Waals surface area contributed by atoms with Gasteiger partial charge in [-0.05, 0) is 51.3 Å². The summed E-state index contributed by atoms with van der Waals surface area (Å²) in [5, 5.41) is 10.8. The molecule has 182 valence electrons. The molecule has 0 spiro atoms. The Labute approximate surface area is 197 Å². The minimum Gasteiger partial charge on any atom is -0.444 e. The number of nitrogens with zero attached hydrogens (tertiary/aromatic N) is 2. The molecular formula is C24H29N3O7. The van der Waals surface area contributed by atoms with E-state index in [4.69, 9.17) is 14.3 Å². The first-order valence-corrected chi connectivity index (χ1v) is 11.0. The number of nitro benzene ring substituents is 1. The number of hydrogen-bond acceptors (Lipinski definition) is 8. The lowest BCUT2D eigenvalue weighted by Gasteiger charge is -2.38.